The summed E-state index contributed by atoms with van der Waals surface area (Å²) in [6.07, 6.45) is 7.07. The van der Waals surface area contributed by atoms with Gasteiger partial charge in [-0.25, -0.2) is 4.98 Å². The predicted octanol–water partition coefficient (Wildman–Crippen LogP) is 2.53. The fourth-order valence-corrected chi connectivity index (χ4v) is 2.01. The number of hydrogen-bond acceptors (Lipinski definition) is 5. The summed E-state index contributed by atoms with van der Waals surface area (Å²) < 4.78 is 0. The van der Waals surface area contributed by atoms with Crippen molar-refractivity contribution in [3.8, 4) is 0 Å². The van der Waals surface area contributed by atoms with E-state index in [1.807, 2.05) is 18.5 Å². The lowest BCUT2D eigenvalue weighted by atomic mass is 10.1. The van der Waals surface area contributed by atoms with Gasteiger partial charge in [0.15, 0.2) is 0 Å². The van der Waals surface area contributed by atoms with E-state index in [-0.39, 0.29) is 0 Å². The minimum absolute atomic E-state index is 0.702. The number of aromatic nitrogens is 1. The standard InChI is InChI=1S/C11H15N3OS/c1-3-9(6-12-2)4-5-11-14-10(7-13-15)8-16-11/h3,6-8,15H,4-5H2,1-2H3/b9-3-,12-6?,13-7-. The highest BCUT2D eigenvalue weighted by molar-refractivity contribution is 7.09. The molecule has 0 atom stereocenters. The monoisotopic (exact) mass is 237 g/mol. The molecule has 1 aromatic heterocycles. The molecule has 0 amide bonds. The molecule has 1 aromatic rings. The highest BCUT2D eigenvalue weighted by Crippen LogP contribution is 2.13. The Morgan fingerprint density at radius 1 is 1.62 bits per heavy atom. The van der Waals surface area contributed by atoms with Gasteiger partial charge in [0.1, 0.15) is 0 Å². The Balaban J connectivity index is 2.54. The van der Waals surface area contributed by atoms with E-state index in [2.05, 4.69) is 21.2 Å². The molecular formula is C11H15N3OS. The molecule has 0 fully saturated rings. The van der Waals surface area contributed by atoms with Crippen LogP contribution in [-0.4, -0.2) is 29.7 Å². The molecule has 0 spiro atoms. The zero-order chi connectivity index (χ0) is 11.8. The lowest BCUT2D eigenvalue weighted by Crippen LogP contribution is -1.91. The summed E-state index contributed by atoms with van der Waals surface area (Å²) in [5.41, 5.74) is 1.91. The molecule has 0 aromatic carbocycles. The van der Waals surface area contributed by atoms with E-state index in [0.717, 1.165) is 17.8 Å². The normalized spacial score (nSPS) is 13.0. The minimum Gasteiger partial charge on any atom is -0.411 e. The first-order valence-electron chi connectivity index (χ1n) is 4.99. The van der Waals surface area contributed by atoms with E-state index >= 15 is 0 Å². The molecule has 0 aliphatic carbocycles. The van der Waals surface area contributed by atoms with E-state index in [9.17, 15) is 0 Å². The molecule has 0 bridgehead atoms. The van der Waals surface area contributed by atoms with Crippen LogP contribution >= 0.6 is 11.3 Å². The van der Waals surface area contributed by atoms with Gasteiger partial charge in [0.25, 0.3) is 0 Å². The van der Waals surface area contributed by atoms with Crippen LogP contribution < -0.4 is 0 Å². The fraction of sp³-hybridized carbons (Fsp3) is 0.364. The van der Waals surface area contributed by atoms with Crippen LogP contribution in [0.4, 0.5) is 0 Å². The molecule has 1 rings (SSSR count). The maximum Gasteiger partial charge on any atom is 0.0958 e. The van der Waals surface area contributed by atoms with Crippen LogP contribution in [0.5, 0.6) is 0 Å². The van der Waals surface area contributed by atoms with Crippen molar-refractivity contribution in [2.24, 2.45) is 10.1 Å². The third kappa shape index (κ3) is 3.94. The number of aryl methyl sites for hydroxylation is 1. The first-order chi connectivity index (χ1) is 7.80. The minimum atomic E-state index is 0.702. The van der Waals surface area contributed by atoms with Crippen LogP contribution in [0.3, 0.4) is 0 Å². The third-order valence-corrected chi connectivity index (χ3v) is 2.98. The Labute approximate surface area is 99.1 Å². The second-order valence-corrected chi connectivity index (χ2v) is 4.10. The quantitative estimate of drug-likeness (QED) is 0.486. The van der Waals surface area contributed by atoms with Gasteiger partial charge < -0.3 is 5.21 Å². The van der Waals surface area contributed by atoms with Crippen molar-refractivity contribution in [2.45, 2.75) is 19.8 Å². The summed E-state index contributed by atoms with van der Waals surface area (Å²) in [6.45, 7) is 2.00. The van der Waals surface area contributed by atoms with Crippen LogP contribution in [0.2, 0.25) is 0 Å². The number of thiazole rings is 1. The molecular weight excluding hydrogens is 222 g/mol. The number of hydrogen-bond donors (Lipinski definition) is 1. The molecule has 0 aliphatic rings. The maximum atomic E-state index is 8.36. The van der Waals surface area contributed by atoms with Gasteiger partial charge in [0.2, 0.25) is 0 Å². The number of allylic oxidation sites excluding steroid dienone is 2. The molecule has 0 saturated heterocycles. The van der Waals surface area contributed by atoms with Crippen LogP contribution in [0.25, 0.3) is 0 Å². The number of oxime groups is 1. The topological polar surface area (TPSA) is 57.8 Å². The Morgan fingerprint density at radius 2 is 2.44 bits per heavy atom. The van der Waals surface area contributed by atoms with Crippen LogP contribution in [0, 0.1) is 0 Å². The van der Waals surface area contributed by atoms with Crippen molar-refractivity contribution < 1.29 is 5.21 Å². The predicted molar refractivity (Wildman–Crippen MR) is 68.0 cm³/mol. The SMILES string of the molecule is C/C=C(\C=NC)CCc1nc(/C=N\O)cs1. The van der Waals surface area contributed by atoms with Gasteiger partial charge in [-0.15, -0.1) is 11.3 Å². The van der Waals surface area contributed by atoms with E-state index in [0.29, 0.717) is 5.69 Å². The smallest absolute Gasteiger partial charge is 0.0958 e. The van der Waals surface area contributed by atoms with Crippen molar-refractivity contribution in [3.63, 3.8) is 0 Å². The summed E-state index contributed by atoms with van der Waals surface area (Å²) in [6, 6.07) is 0. The zero-order valence-corrected chi connectivity index (χ0v) is 10.2. The number of nitrogens with zero attached hydrogens (tertiary/aromatic N) is 3. The van der Waals surface area contributed by atoms with E-state index in [4.69, 9.17) is 5.21 Å². The zero-order valence-electron chi connectivity index (χ0n) is 9.42. The molecule has 0 aliphatic heterocycles. The maximum absolute atomic E-state index is 8.36. The van der Waals surface area contributed by atoms with Crippen LogP contribution in [0.1, 0.15) is 24.0 Å². The summed E-state index contributed by atoms with van der Waals surface area (Å²) >= 11 is 1.57. The van der Waals surface area contributed by atoms with Crippen LogP contribution in [0.15, 0.2) is 27.2 Å². The molecule has 0 unspecified atom stereocenters. The van der Waals surface area contributed by atoms with Gasteiger partial charge in [0.05, 0.1) is 16.9 Å². The Bertz CT molecular complexity index is 407. The largest absolute Gasteiger partial charge is 0.411 e. The second-order valence-electron chi connectivity index (χ2n) is 3.16. The molecule has 1 N–H and O–H groups in total. The van der Waals surface area contributed by atoms with E-state index in [1.165, 1.54) is 11.8 Å². The van der Waals surface area contributed by atoms with Gasteiger partial charge in [-0.2, -0.15) is 0 Å². The number of aliphatic imine (C=N–C) groups is 1. The Hall–Kier alpha value is -1.49. The Morgan fingerprint density at radius 3 is 3.06 bits per heavy atom. The van der Waals surface area contributed by atoms with Crippen LogP contribution in [-0.2, 0) is 6.42 Å². The Kier molecular flexibility index (Phi) is 5.42. The third-order valence-electron chi connectivity index (χ3n) is 2.05. The first kappa shape index (κ1) is 12.6. The van der Waals surface area contributed by atoms with E-state index in [1.54, 1.807) is 18.4 Å². The summed E-state index contributed by atoms with van der Waals surface area (Å²) in [7, 11) is 1.77. The lowest BCUT2D eigenvalue weighted by molar-refractivity contribution is 0.321. The average Bonchev–Trinajstić information content (AvgIpc) is 2.72. The molecule has 1 heterocycles. The number of rotatable bonds is 5. The van der Waals surface area contributed by atoms with Gasteiger partial charge in [-0.05, 0) is 18.9 Å². The van der Waals surface area contributed by atoms with Crippen molar-refractivity contribution in [1.29, 1.82) is 0 Å². The molecule has 4 nitrogen and oxygen atoms in total. The molecule has 16 heavy (non-hydrogen) atoms. The van der Waals surface area contributed by atoms with Gasteiger partial charge in [0, 0.05) is 25.1 Å². The van der Waals surface area contributed by atoms with Crippen molar-refractivity contribution in [3.05, 3.63) is 27.7 Å². The van der Waals surface area contributed by atoms with E-state index < -0.39 is 0 Å². The lowest BCUT2D eigenvalue weighted by Gasteiger charge is -1.97. The highest BCUT2D eigenvalue weighted by atomic mass is 32.1. The molecule has 0 saturated carbocycles. The second kappa shape index (κ2) is 6.90. The summed E-state index contributed by atoms with van der Waals surface area (Å²) in [5, 5.41) is 14.2. The molecule has 86 valence electrons. The summed E-state index contributed by atoms with van der Waals surface area (Å²) in [5.74, 6) is 0. The molecule has 0 radical (unpaired) electrons. The summed E-state index contributed by atoms with van der Waals surface area (Å²) in [4.78, 5) is 8.29. The van der Waals surface area contributed by atoms with Crippen molar-refractivity contribution in [2.75, 3.05) is 7.05 Å². The van der Waals surface area contributed by atoms with Crippen molar-refractivity contribution >= 4 is 23.8 Å². The van der Waals surface area contributed by atoms with Gasteiger partial charge in [-0.1, -0.05) is 11.2 Å². The van der Waals surface area contributed by atoms with Gasteiger partial charge >= 0.3 is 0 Å². The highest BCUT2D eigenvalue weighted by Gasteiger charge is 2.01. The van der Waals surface area contributed by atoms with Crippen molar-refractivity contribution in [1.82, 2.24) is 4.98 Å². The first-order valence-corrected chi connectivity index (χ1v) is 5.87. The van der Waals surface area contributed by atoms with Gasteiger partial charge in [-0.3, -0.25) is 4.99 Å². The fourth-order valence-electron chi connectivity index (χ4n) is 1.26. The average molecular weight is 237 g/mol. The molecule has 5 heteroatoms.